The van der Waals surface area contributed by atoms with E-state index in [0.29, 0.717) is 25.0 Å². The number of carbonyl (C=O) groups excluding carboxylic acids is 1. The number of nitrogens with zero attached hydrogens (tertiary/aromatic N) is 4. The van der Waals surface area contributed by atoms with Gasteiger partial charge >= 0.3 is 7.12 Å². The first-order chi connectivity index (χ1) is 14.9. The minimum atomic E-state index is -1.32. The highest BCUT2D eigenvalue weighted by atomic mass is 16.7. The van der Waals surface area contributed by atoms with Crippen molar-refractivity contribution < 1.29 is 24.3 Å². The van der Waals surface area contributed by atoms with Gasteiger partial charge in [-0.25, -0.2) is 9.97 Å². The summed E-state index contributed by atoms with van der Waals surface area (Å²) in [6.45, 7) is 13.7. The zero-order chi connectivity index (χ0) is 23.7. The fraction of sp³-hybridized carbons (Fsp3) is 0.773. The van der Waals surface area contributed by atoms with Crippen LogP contribution in [0.25, 0.3) is 0 Å². The fourth-order valence-corrected chi connectivity index (χ4v) is 4.01. The maximum absolute atomic E-state index is 12.1. The highest BCUT2D eigenvalue weighted by Crippen LogP contribution is 2.36. The second-order valence-electron chi connectivity index (χ2n) is 10.1. The van der Waals surface area contributed by atoms with Gasteiger partial charge in [0, 0.05) is 43.5 Å². The molecule has 0 unspecified atom stereocenters. The second-order valence-corrected chi connectivity index (χ2v) is 10.1. The molecular weight excluding hydrogens is 411 g/mol. The normalized spacial score (nSPS) is 21.8. The van der Waals surface area contributed by atoms with Gasteiger partial charge in [-0.15, -0.1) is 0 Å². The molecule has 10 heteroatoms. The Kier molecular flexibility index (Phi) is 7.49. The van der Waals surface area contributed by atoms with Gasteiger partial charge in [-0.3, -0.25) is 4.79 Å². The molecule has 1 aromatic rings. The number of anilines is 1. The number of carbonyl (C=O) groups is 1. The molecule has 3 rings (SSSR count). The topological polar surface area (TPSA) is 108 Å². The third-order valence-corrected chi connectivity index (χ3v) is 6.90. The van der Waals surface area contributed by atoms with Crippen molar-refractivity contribution in [1.29, 1.82) is 0 Å². The third kappa shape index (κ3) is 5.25. The first kappa shape index (κ1) is 24.9. The minimum absolute atomic E-state index is 0.216. The SMILES string of the molecule is CC(C)N(CC1CCN(C(=O)[C@H](O)CO)CC1)c1ncc(B2OC(C)(C)C(C)(C)O2)cn1. The molecule has 2 fully saturated rings. The molecule has 0 radical (unpaired) electrons. The predicted octanol–water partition coefficient (Wildman–Crippen LogP) is 0.582. The van der Waals surface area contributed by atoms with E-state index in [-0.39, 0.29) is 6.04 Å². The van der Waals surface area contributed by atoms with Crippen molar-refractivity contribution in [3.05, 3.63) is 12.4 Å². The second kappa shape index (κ2) is 9.63. The number of aliphatic hydroxyl groups is 2. The van der Waals surface area contributed by atoms with E-state index in [9.17, 15) is 9.90 Å². The molecule has 0 bridgehead atoms. The summed E-state index contributed by atoms with van der Waals surface area (Å²) in [5, 5.41) is 18.6. The van der Waals surface area contributed by atoms with Gasteiger partial charge in [0.1, 0.15) is 0 Å². The molecule has 1 amide bonds. The smallest absolute Gasteiger partial charge is 0.399 e. The number of likely N-dealkylation sites (tertiary alicyclic amines) is 1. The molecule has 178 valence electrons. The molecule has 0 spiro atoms. The first-order valence-electron chi connectivity index (χ1n) is 11.5. The summed E-state index contributed by atoms with van der Waals surface area (Å²) in [5.74, 6) is 0.655. The first-order valence-corrected chi connectivity index (χ1v) is 11.5. The molecule has 3 heterocycles. The number of aromatic nitrogens is 2. The maximum Gasteiger partial charge on any atom is 0.498 e. The Balaban J connectivity index is 1.62. The van der Waals surface area contributed by atoms with E-state index in [2.05, 4.69) is 28.7 Å². The van der Waals surface area contributed by atoms with Gasteiger partial charge in [0.15, 0.2) is 6.10 Å². The number of amides is 1. The average Bonchev–Trinajstić information content (AvgIpc) is 2.98. The quantitative estimate of drug-likeness (QED) is 0.584. The molecular formula is C22H37BN4O5. The van der Waals surface area contributed by atoms with Crippen LogP contribution in [0.4, 0.5) is 5.95 Å². The Morgan fingerprint density at radius 3 is 2.19 bits per heavy atom. The molecule has 2 aliphatic heterocycles. The number of piperidine rings is 1. The van der Waals surface area contributed by atoms with Crippen molar-refractivity contribution in [1.82, 2.24) is 14.9 Å². The van der Waals surface area contributed by atoms with Gasteiger partial charge in [0.25, 0.3) is 5.91 Å². The number of hydrogen-bond donors (Lipinski definition) is 2. The van der Waals surface area contributed by atoms with Crippen LogP contribution in [0.3, 0.4) is 0 Å². The highest BCUT2D eigenvalue weighted by Gasteiger charge is 2.52. The van der Waals surface area contributed by atoms with Crippen LogP contribution < -0.4 is 10.4 Å². The number of hydrogen-bond acceptors (Lipinski definition) is 8. The third-order valence-electron chi connectivity index (χ3n) is 6.90. The Morgan fingerprint density at radius 2 is 1.72 bits per heavy atom. The summed E-state index contributed by atoms with van der Waals surface area (Å²) in [4.78, 5) is 25.1. The standard InChI is InChI=1S/C22H37BN4O5/c1-15(2)27(13-16-7-9-26(10-8-16)19(30)18(29)14-28)20-24-11-17(12-25-20)23-31-21(3,4)22(5,6)32-23/h11-12,15-16,18,28-29H,7-10,13-14H2,1-6H3/t18-/m1/s1. The van der Waals surface area contributed by atoms with Gasteiger partial charge < -0.3 is 29.3 Å². The summed E-state index contributed by atoms with van der Waals surface area (Å²) >= 11 is 0. The summed E-state index contributed by atoms with van der Waals surface area (Å²) in [7, 11) is -0.488. The predicted molar refractivity (Wildman–Crippen MR) is 123 cm³/mol. The molecule has 2 aliphatic rings. The van der Waals surface area contributed by atoms with Crippen LogP contribution in [0, 0.1) is 5.92 Å². The molecule has 0 aliphatic carbocycles. The van der Waals surface area contributed by atoms with E-state index in [0.717, 1.165) is 24.8 Å². The van der Waals surface area contributed by atoms with Crippen LogP contribution in [0.2, 0.25) is 0 Å². The Bertz CT molecular complexity index is 765. The van der Waals surface area contributed by atoms with Gasteiger partial charge in [0.2, 0.25) is 5.95 Å². The van der Waals surface area contributed by atoms with E-state index >= 15 is 0 Å². The van der Waals surface area contributed by atoms with E-state index in [1.807, 2.05) is 27.7 Å². The zero-order valence-electron chi connectivity index (χ0n) is 20.1. The Hall–Kier alpha value is -1.75. The largest absolute Gasteiger partial charge is 0.498 e. The van der Waals surface area contributed by atoms with E-state index in [1.54, 1.807) is 17.3 Å². The zero-order valence-corrected chi connectivity index (χ0v) is 20.1. The van der Waals surface area contributed by atoms with Crippen LogP contribution in [-0.4, -0.2) is 87.7 Å². The van der Waals surface area contributed by atoms with Crippen molar-refractivity contribution in [2.24, 2.45) is 5.92 Å². The molecule has 1 atom stereocenters. The molecule has 2 N–H and O–H groups in total. The summed E-state index contributed by atoms with van der Waals surface area (Å²) in [6.07, 6.45) is 3.89. The van der Waals surface area contributed by atoms with Crippen molar-refractivity contribution in [2.75, 3.05) is 31.1 Å². The van der Waals surface area contributed by atoms with Crippen LogP contribution >= 0.6 is 0 Å². The molecule has 9 nitrogen and oxygen atoms in total. The van der Waals surface area contributed by atoms with Crippen molar-refractivity contribution >= 4 is 24.4 Å². The minimum Gasteiger partial charge on any atom is -0.399 e. The molecule has 0 saturated carbocycles. The van der Waals surface area contributed by atoms with E-state index in [1.165, 1.54) is 0 Å². The Labute approximate surface area is 191 Å². The lowest BCUT2D eigenvalue weighted by molar-refractivity contribution is -0.143. The van der Waals surface area contributed by atoms with Crippen molar-refractivity contribution in [3.63, 3.8) is 0 Å². The lowest BCUT2D eigenvalue weighted by Gasteiger charge is -2.36. The monoisotopic (exact) mass is 448 g/mol. The van der Waals surface area contributed by atoms with Crippen LogP contribution in [0.5, 0.6) is 0 Å². The molecule has 1 aromatic heterocycles. The van der Waals surface area contributed by atoms with Gasteiger partial charge in [-0.1, -0.05) is 0 Å². The molecule has 0 aromatic carbocycles. The number of rotatable bonds is 7. The maximum atomic E-state index is 12.1. The van der Waals surface area contributed by atoms with Gasteiger partial charge in [-0.05, 0) is 60.3 Å². The molecule has 2 saturated heterocycles. The highest BCUT2D eigenvalue weighted by molar-refractivity contribution is 6.61. The lowest BCUT2D eigenvalue weighted by Crippen LogP contribution is -2.47. The number of aliphatic hydroxyl groups excluding tert-OH is 2. The summed E-state index contributed by atoms with van der Waals surface area (Å²) in [6, 6.07) is 0.216. The summed E-state index contributed by atoms with van der Waals surface area (Å²) in [5.41, 5.74) is -0.0292. The molecule has 32 heavy (non-hydrogen) atoms. The van der Waals surface area contributed by atoms with Crippen LogP contribution in [0.15, 0.2) is 12.4 Å². The van der Waals surface area contributed by atoms with Crippen molar-refractivity contribution in [3.8, 4) is 0 Å². The van der Waals surface area contributed by atoms with Crippen LogP contribution in [0.1, 0.15) is 54.4 Å². The lowest BCUT2D eigenvalue weighted by atomic mass is 9.81. The van der Waals surface area contributed by atoms with Gasteiger partial charge in [0.05, 0.1) is 17.8 Å². The average molecular weight is 448 g/mol. The summed E-state index contributed by atoms with van der Waals surface area (Å²) < 4.78 is 12.2. The van der Waals surface area contributed by atoms with E-state index < -0.39 is 36.9 Å². The Morgan fingerprint density at radius 1 is 1.19 bits per heavy atom. The van der Waals surface area contributed by atoms with Gasteiger partial charge in [-0.2, -0.15) is 0 Å². The van der Waals surface area contributed by atoms with Crippen molar-refractivity contribution in [2.45, 2.75) is 77.7 Å². The fourth-order valence-electron chi connectivity index (χ4n) is 4.01. The van der Waals surface area contributed by atoms with Crippen LogP contribution in [-0.2, 0) is 14.1 Å². The van der Waals surface area contributed by atoms with E-state index in [4.69, 9.17) is 14.4 Å².